The molecule has 0 spiro atoms. The van der Waals surface area contributed by atoms with E-state index >= 15 is 0 Å². The van der Waals surface area contributed by atoms with Gasteiger partial charge in [-0.1, -0.05) is 36.4 Å². The minimum Gasteiger partial charge on any atom is -0.510 e. The maximum atomic E-state index is 11.1. The smallest absolute Gasteiger partial charge is 0.335 e. The average Bonchev–Trinajstić information content (AvgIpc) is 2.83. The molecular formula is C17H14N2O3. The summed E-state index contributed by atoms with van der Waals surface area (Å²) >= 11 is 0. The van der Waals surface area contributed by atoms with Crippen molar-refractivity contribution in [3.8, 4) is 0 Å². The molecule has 0 amide bonds. The number of amidine groups is 1. The molecular weight excluding hydrogens is 280 g/mol. The summed E-state index contributed by atoms with van der Waals surface area (Å²) in [6, 6.07) is 15.6. The number of hydrogen-bond acceptors (Lipinski definition) is 3. The molecule has 5 nitrogen and oxygen atoms in total. The van der Waals surface area contributed by atoms with E-state index in [2.05, 4.69) is 0 Å². The average molecular weight is 294 g/mol. The van der Waals surface area contributed by atoms with E-state index in [4.69, 9.17) is 10.5 Å². The molecule has 0 aromatic heterocycles. The third-order valence-corrected chi connectivity index (χ3v) is 3.57. The molecule has 0 saturated heterocycles. The summed E-state index contributed by atoms with van der Waals surface area (Å²) in [5, 5.41) is 27.6. The largest absolute Gasteiger partial charge is 0.510 e. The fourth-order valence-corrected chi connectivity index (χ4v) is 2.51. The highest BCUT2D eigenvalue weighted by atomic mass is 16.4. The molecule has 2 aromatic carbocycles. The van der Waals surface area contributed by atoms with E-state index < -0.39 is 5.97 Å². The molecule has 0 saturated carbocycles. The topological polar surface area (TPSA) is 84.6 Å². The Kier molecular flexibility index (Phi) is 3.39. The Labute approximate surface area is 127 Å². The van der Waals surface area contributed by atoms with E-state index in [1.165, 1.54) is 12.1 Å². The van der Waals surface area contributed by atoms with Gasteiger partial charge in [0.2, 0.25) is 0 Å². The number of carbonyl (C=O) groups is 1. The highest BCUT2D eigenvalue weighted by Crippen LogP contribution is 2.31. The number of aliphatic hydroxyl groups is 1. The van der Waals surface area contributed by atoms with Crippen molar-refractivity contribution >= 4 is 23.1 Å². The fourth-order valence-electron chi connectivity index (χ4n) is 2.51. The summed E-state index contributed by atoms with van der Waals surface area (Å²) in [6.45, 7) is 0.159. The van der Waals surface area contributed by atoms with E-state index in [1.807, 2.05) is 30.3 Å². The number of nitrogens with one attached hydrogen (secondary N) is 1. The third kappa shape index (κ3) is 2.33. The number of hydrogen-bond donors (Lipinski definition) is 3. The molecule has 0 bridgehead atoms. The molecule has 1 aliphatic rings. The molecule has 0 atom stereocenters. The summed E-state index contributed by atoms with van der Waals surface area (Å²) in [5.41, 5.74) is 1.96. The highest BCUT2D eigenvalue weighted by molar-refractivity contribution is 6.30. The van der Waals surface area contributed by atoms with Crippen molar-refractivity contribution in [2.24, 2.45) is 0 Å². The normalized spacial score (nSPS) is 14.5. The Bertz CT molecular complexity index is 782. The second-order valence-electron chi connectivity index (χ2n) is 4.98. The van der Waals surface area contributed by atoms with Crippen molar-refractivity contribution in [1.82, 2.24) is 0 Å². The number of aromatic carboxylic acids is 1. The molecule has 0 fully saturated rings. The van der Waals surface area contributed by atoms with Crippen molar-refractivity contribution in [2.45, 2.75) is 0 Å². The van der Waals surface area contributed by atoms with E-state index in [0.29, 0.717) is 11.3 Å². The molecule has 3 N–H and O–H groups in total. The van der Waals surface area contributed by atoms with Gasteiger partial charge in [-0.3, -0.25) is 5.41 Å². The van der Waals surface area contributed by atoms with E-state index in [1.54, 1.807) is 17.0 Å². The van der Waals surface area contributed by atoms with Crippen LogP contribution in [-0.4, -0.2) is 28.6 Å². The summed E-state index contributed by atoms with van der Waals surface area (Å²) in [4.78, 5) is 12.7. The Morgan fingerprint density at radius 1 is 1.09 bits per heavy atom. The summed E-state index contributed by atoms with van der Waals surface area (Å²) in [6.07, 6.45) is 0. The predicted molar refractivity (Wildman–Crippen MR) is 84.5 cm³/mol. The highest BCUT2D eigenvalue weighted by Gasteiger charge is 2.29. The predicted octanol–water partition coefficient (Wildman–Crippen LogP) is 3.15. The standard InChI is InChI=1S/C17H14N2O3/c18-16-15(11-5-2-1-3-6-11)14(20)10-19(16)13-8-4-7-12(9-13)17(21)22/h1-9,18,20H,10H2,(H,21,22). The monoisotopic (exact) mass is 294 g/mol. The first-order valence-corrected chi connectivity index (χ1v) is 6.75. The number of carboxylic acid groups (broad SMARTS) is 1. The zero-order valence-electron chi connectivity index (χ0n) is 11.7. The summed E-state index contributed by atoms with van der Waals surface area (Å²) in [5.74, 6) is -0.754. The van der Waals surface area contributed by atoms with Crippen LogP contribution in [0.5, 0.6) is 0 Å². The Morgan fingerprint density at radius 2 is 1.82 bits per heavy atom. The Morgan fingerprint density at radius 3 is 2.50 bits per heavy atom. The SMILES string of the molecule is N=C1C(c2ccccc2)=C(O)CN1c1cccc(C(=O)O)c1. The van der Waals surface area contributed by atoms with Crippen LogP contribution in [0.3, 0.4) is 0 Å². The van der Waals surface area contributed by atoms with Gasteiger partial charge in [0.1, 0.15) is 11.6 Å². The van der Waals surface area contributed by atoms with Crippen LogP contribution in [0.1, 0.15) is 15.9 Å². The lowest BCUT2D eigenvalue weighted by Gasteiger charge is -2.19. The van der Waals surface area contributed by atoms with Gasteiger partial charge in [0.25, 0.3) is 0 Å². The van der Waals surface area contributed by atoms with Crippen LogP contribution in [0.15, 0.2) is 60.4 Å². The Hall–Kier alpha value is -3.08. The third-order valence-electron chi connectivity index (χ3n) is 3.57. The molecule has 2 aromatic rings. The van der Waals surface area contributed by atoms with Crippen LogP contribution in [0.25, 0.3) is 5.57 Å². The molecule has 22 heavy (non-hydrogen) atoms. The van der Waals surface area contributed by atoms with Gasteiger partial charge >= 0.3 is 5.97 Å². The molecule has 3 rings (SSSR count). The van der Waals surface area contributed by atoms with Crippen LogP contribution in [0.2, 0.25) is 0 Å². The maximum absolute atomic E-state index is 11.1. The van der Waals surface area contributed by atoms with Gasteiger partial charge in [-0.15, -0.1) is 0 Å². The van der Waals surface area contributed by atoms with Gasteiger partial charge in [-0.2, -0.15) is 0 Å². The number of carboxylic acids is 1. The van der Waals surface area contributed by atoms with E-state index in [-0.39, 0.29) is 23.7 Å². The van der Waals surface area contributed by atoms with Crippen LogP contribution < -0.4 is 4.90 Å². The molecule has 0 radical (unpaired) electrons. The van der Waals surface area contributed by atoms with Crippen molar-refractivity contribution < 1.29 is 15.0 Å². The Balaban J connectivity index is 1.96. The van der Waals surface area contributed by atoms with Crippen molar-refractivity contribution in [2.75, 3.05) is 11.4 Å². The summed E-state index contributed by atoms with van der Waals surface area (Å²) < 4.78 is 0. The van der Waals surface area contributed by atoms with Crippen LogP contribution in [0.4, 0.5) is 5.69 Å². The van der Waals surface area contributed by atoms with Gasteiger partial charge < -0.3 is 15.1 Å². The van der Waals surface area contributed by atoms with E-state index in [9.17, 15) is 9.90 Å². The second-order valence-corrected chi connectivity index (χ2v) is 4.98. The van der Waals surface area contributed by atoms with Crippen LogP contribution >= 0.6 is 0 Å². The molecule has 1 heterocycles. The molecule has 5 heteroatoms. The van der Waals surface area contributed by atoms with Gasteiger partial charge in [0.05, 0.1) is 17.7 Å². The number of rotatable bonds is 3. The lowest BCUT2D eigenvalue weighted by Crippen LogP contribution is -2.26. The first kappa shape index (κ1) is 13.9. The molecule has 110 valence electrons. The lowest BCUT2D eigenvalue weighted by molar-refractivity contribution is 0.0697. The molecule has 0 unspecified atom stereocenters. The number of aliphatic hydroxyl groups excluding tert-OH is 1. The van der Waals surface area contributed by atoms with Gasteiger partial charge in [0.15, 0.2) is 0 Å². The van der Waals surface area contributed by atoms with Gasteiger partial charge in [-0.05, 0) is 23.8 Å². The number of anilines is 1. The first-order chi connectivity index (χ1) is 10.6. The van der Waals surface area contributed by atoms with Crippen molar-refractivity contribution in [3.63, 3.8) is 0 Å². The first-order valence-electron chi connectivity index (χ1n) is 6.75. The molecule has 0 aliphatic carbocycles. The van der Waals surface area contributed by atoms with Gasteiger partial charge in [-0.25, -0.2) is 4.79 Å². The zero-order valence-corrected chi connectivity index (χ0v) is 11.7. The fraction of sp³-hybridized carbons (Fsp3) is 0.0588. The van der Waals surface area contributed by atoms with Crippen LogP contribution in [0, 0.1) is 5.41 Å². The summed E-state index contributed by atoms with van der Waals surface area (Å²) in [7, 11) is 0. The van der Waals surface area contributed by atoms with Gasteiger partial charge in [0, 0.05) is 5.69 Å². The quantitative estimate of drug-likeness (QED) is 0.812. The minimum absolute atomic E-state index is 0.108. The second kappa shape index (κ2) is 5.37. The van der Waals surface area contributed by atoms with Crippen molar-refractivity contribution in [1.29, 1.82) is 5.41 Å². The lowest BCUT2D eigenvalue weighted by atomic mass is 10.1. The number of benzene rings is 2. The minimum atomic E-state index is -1.02. The van der Waals surface area contributed by atoms with E-state index in [0.717, 1.165) is 5.56 Å². The maximum Gasteiger partial charge on any atom is 0.335 e. The number of nitrogens with zero attached hydrogens (tertiary/aromatic N) is 1. The van der Waals surface area contributed by atoms with Crippen molar-refractivity contribution in [3.05, 3.63) is 71.5 Å². The molecule has 1 aliphatic heterocycles. The zero-order chi connectivity index (χ0) is 15.7. The van der Waals surface area contributed by atoms with Crippen LogP contribution in [-0.2, 0) is 0 Å².